The van der Waals surface area contributed by atoms with Gasteiger partial charge in [0.15, 0.2) is 0 Å². The summed E-state index contributed by atoms with van der Waals surface area (Å²) < 4.78 is 47.2. The van der Waals surface area contributed by atoms with Crippen molar-refractivity contribution in [3.8, 4) is 11.4 Å². The van der Waals surface area contributed by atoms with Gasteiger partial charge in [-0.2, -0.15) is 14.1 Å². The molecule has 1 aliphatic carbocycles. The summed E-state index contributed by atoms with van der Waals surface area (Å²) in [6.45, 7) is 6.29. The largest absolute Gasteiger partial charge is 0.483 e. The van der Waals surface area contributed by atoms with Crippen LogP contribution in [0.5, 0.6) is 5.75 Å². The minimum atomic E-state index is -3.46. The number of nitrogens with zero attached hydrogens (tertiary/aromatic N) is 4. The van der Waals surface area contributed by atoms with Crippen LogP contribution in [0.4, 0.5) is 10.1 Å². The summed E-state index contributed by atoms with van der Waals surface area (Å²) in [7, 11) is -3.46. The zero-order chi connectivity index (χ0) is 24.7. The van der Waals surface area contributed by atoms with Gasteiger partial charge in [-0.05, 0) is 51.8 Å². The summed E-state index contributed by atoms with van der Waals surface area (Å²) in [4.78, 5) is 15.3. The fourth-order valence-electron chi connectivity index (χ4n) is 4.30. The van der Waals surface area contributed by atoms with E-state index in [0.29, 0.717) is 38.0 Å². The van der Waals surface area contributed by atoms with Gasteiger partial charge in [-0.1, -0.05) is 6.07 Å². The summed E-state index contributed by atoms with van der Waals surface area (Å²) >= 11 is 0. The number of anilines is 1. The number of ether oxygens (including phenoxy) is 1. The summed E-state index contributed by atoms with van der Waals surface area (Å²) in [5, 5.41) is 14.2. The van der Waals surface area contributed by atoms with Gasteiger partial charge in [-0.25, -0.2) is 12.8 Å². The van der Waals surface area contributed by atoms with Crippen LogP contribution in [0.1, 0.15) is 40.0 Å². The molecule has 1 aromatic heterocycles. The van der Waals surface area contributed by atoms with Crippen LogP contribution in [0.25, 0.3) is 5.69 Å². The molecule has 4 rings (SSSR count). The maximum atomic E-state index is 13.8. The topological polar surface area (TPSA) is 105 Å². The first-order valence-corrected chi connectivity index (χ1v) is 12.9. The molecule has 9 nitrogen and oxygen atoms in total. The Labute approximate surface area is 198 Å². The lowest BCUT2D eigenvalue weighted by molar-refractivity contribution is 0.148. The molecular formula is C23H31FN4O5S. The molecular weight excluding hydrogens is 463 g/mol. The van der Waals surface area contributed by atoms with Crippen molar-refractivity contribution in [2.24, 2.45) is 0 Å². The molecule has 2 heterocycles. The van der Waals surface area contributed by atoms with Crippen molar-refractivity contribution in [2.75, 3.05) is 31.1 Å². The van der Waals surface area contributed by atoms with Crippen molar-refractivity contribution >= 4 is 15.7 Å². The Hall–Kier alpha value is -2.50. The molecule has 2 fully saturated rings. The highest BCUT2D eigenvalue weighted by Gasteiger charge is 2.37. The summed E-state index contributed by atoms with van der Waals surface area (Å²) in [6.07, 6.45) is 2.31. The highest BCUT2D eigenvalue weighted by atomic mass is 32.2. The molecule has 1 saturated carbocycles. The van der Waals surface area contributed by atoms with Crippen molar-refractivity contribution in [2.45, 2.75) is 57.0 Å². The average molecular weight is 495 g/mol. The van der Waals surface area contributed by atoms with Crippen LogP contribution in [0.2, 0.25) is 0 Å². The monoisotopic (exact) mass is 494 g/mol. The summed E-state index contributed by atoms with van der Waals surface area (Å²) in [5.74, 6) is -0.418. The number of aliphatic hydroxyl groups excluding tert-OH is 1. The second-order valence-electron chi connectivity index (χ2n) is 9.77. The Kier molecular flexibility index (Phi) is 6.71. The number of piperazine rings is 1. The molecule has 1 saturated heterocycles. The van der Waals surface area contributed by atoms with Crippen molar-refractivity contribution < 1.29 is 22.7 Å². The van der Waals surface area contributed by atoms with Crippen LogP contribution in [0.15, 0.2) is 35.3 Å². The number of halogens is 1. The van der Waals surface area contributed by atoms with Gasteiger partial charge in [0.05, 0.1) is 22.7 Å². The van der Waals surface area contributed by atoms with Crippen molar-refractivity contribution in [1.29, 1.82) is 0 Å². The molecule has 2 unspecified atom stereocenters. The smallest absolute Gasteiger partial charge is 0.316 e. The molecule has 1 aliphatic heterocycles. The first-order valence-electron chi connectivity index (χ1n) is 11.4. The fraction of sp³-hybridized carbons (Fsp3) is 0.565. The number of aromatic nitrogens is 2. The Balaban J connectivity index is 1.66. The molecule has 0 spiro atoms. The van der Waals surface area contributed by atoms with E-state index in [1.165, 1.54) is 28.7 Å². The van der Waals surface area contributed by atoms with E-state index in [9.17, 15) is 22.7 Å². The number of rotatable bonds is 5. The second-order valence-corrected chi connectivity index (χ2v) is 12.5. The van der Waals surface area contributed by atoms with Gasteiger partial charge >= 0.3 is 5.56 Å². The first kappa shape index (κ1) is 24.6. The highest BCUT2D eigenvalue weighted by Crippen LogP contribution is 2.31. The lowest BCUT2D eigenvalue weighted by atomic mass is 10.2. The van der Waals surface area contributed by atoms with Gasteiger partial charge in [-0.15, -0.1) is 0 Å². The lowest BCUT2D eigenvalue weighted by Gasteiger charge is -2.38. The van der Waals surface area contributed by atoms with Gasteiger partial charge in [0.25, 0.3) is 0 Å². The zero-order valence-electron chi connectivity index (χ0n) is 19.6. The molecule has 1 N–H and O–H groups in total. The number of benzene rings is 1. The Morgan fingerprint density at radius 3 is 2.44 bits per heavy atom. The molecule has 2 aliphatic rings. The SMILES string of the molecule is CC(C)(C)S(=O)(=O)N1CCN(c2cnn(-c3cccc(F)c3)c(=O)c2OC2CCC(O)C2)CC1. The van der Waals surface area contributed by atoms with E-state index in [4.69, 9.17) is 4.74 Å². The van der Waals surface area contributed by atoms with E-state index in [-0.39, 0.29) is 30.6 Å². The Morgan fingerprint density at radius 2 is 1.85 bits per heavy atom. The van der Waals surface area contributed by atoms with E-state index in [0.717, 1.165) is 4.68 Å². The van der Waals surface area contributed by atoms with E-state index < -0.39 is 32.3 Å². The molecule has 2 atom stereocenters. The van der Waals surface area contributed by atoms with Crippen molar-refractivity contribution in [3.63, 3.8) is 0 Å². The van der Waals surface area contributed by atoms with Crippen LogP contribution in [0.3, 0.4) is 0 Å². The van der Waals surface area contributed by atoms with Crippen LogP contribution < -0.4 is 15.2 Å². The Bertz CT molecular complexity index is 1200. The minimum absolute atomic E-state index is 0.0745. The van der Waals surface area contributed by atoms with Crippen LogP contribution in [0, 0.1) is 5.82 Å². The quantitative estimate of drug-likeness (QED) is 0.677. The molecule has 186 valence electrons. The van der Waals surface area contributed by atoms with Gasteiger partial charge in [0.1, 0.15) is 17.6 Å². The Morgan fingerprint density at radius 1 is 1.15 bits per heavy atom. The van der Waals surface area contributed by atoms with Crippen molar-refractivity contribution in [1.82, 2.24) is 14.1 Å². The second kappa shape index (κ2) is 9.27. The molecule has 0 radical (unpaired) electrons. The third kappa shape index (κ3) is 4.82. The van der Waals surface area contributed by atoms with E-state index >= 15 is 0 Å². The third-order valence-corrected chi connectivity index (χ3v) is 8.89. The predicted octanol–water partition coefficient (Wildman–Crippen LogP) is 1.91. The fourth-order valence-corrected chi connectivity index (χ4v) is 5.72. The number of hydrogen-bond acceptors (Lipinski definition) is 7. The molecule has 1 aromatic carbocycles. The van der Waals surface area contributed by atoms with E-state index in [2.05, 4.69) is 5.10 Å². The summed E-state index contributed by atoms with van der Waals surface area (Å²) in [5.41, 5.74) is 0.204. The molecule has 34 heavy (non-hydrogen) atoms. The summed E-state index contributed by atoms with van der Waals surface area (Å²) in [6, 6.07) is 5.57. The number of sulfonamides is 1. The van der Waals surface area contributed by atoms with E-state index in [1.54, 1.807) is 26.8 Å². The minimum Gasteiger partial charge on any atom is -0.483 e. The lowest BCUT2D eigenvalue weighted by Crippen LogP contribution is -2.53. The maximum absolute atomic E-state index is 13.8. The third-order valence-electron chi connectivity index (χ3n) is 6.30. The van der Waals surface area contributed by atoms with Crippen LogP contribution in [-0.2, 0) is 10.0 Å². The highest BCUT2D eigenvalue weighted by molar-refractivity contribution is 7.90. The molecule has 11 heteroatoms. The van der Waals surface area contributed by atoms with Gasteiger partial charge in [-0.3, -0.25) is 4.79 Å². The normalized spacial score (nSPS) is 22.2. The van der Waals surface area contributed by atoms with Gasteiger partial charge in [0.2, 0.25) is 15.8 Å². The number of aliphatic hydroxyl groups is 1. The predicted molar refractivity (Wildman–Crippen MR) is 127 cm³/mol. The zero-order valence-corrected chi connectivity index (χ0v) is 20.5. The number of hydrogen-bond donors (Lipinski definition) is 1. The average Bonchev–Trinajstić information content (AvgIpc) is 3.19. The van der Waals surface area contributed by atoms with Crippen molar-refractivity contribution in [3.05, 3.63) is 46.6 Å². The van der Waals surface area contributed by atoms with E-state index in [1.807, 2.05) is 4.90 Å². The molecule has 0 amide bonds. The maximum Gasteiger partial charge on any atom is 0.316 e. The van der Waals surface area contributed by atoms with Gasteiger partial charge < -0.3 is 14.7 Å². The van der Waals surface area contributed by atoms with Crippen LogP contribution in [-0.4, -0.2) is 70.7 Å². The van der Waals surface area contributed by atoms with Gasteiger partial charge in [0, 0.05) is 32.6 Å². The molecule has 2 aromatic rings. The van der Waals surface area contributed by atoms with Crippen LogP contribution >= 0.6 is 0 Å². The molecule has 0 bridgehead atoms. The standard InChI is InChI=1S/C23H31FN4O5S/c1-23(2,3)34(31,32)27-11-9-26(10-12-27)20-15-25-28(17-6-4-5-16(24)13-17)22(30)21(20)33-19-8-7-18(29)14-19/h4-6,13,15,18-19,29H,7-12,14H2,1-3H3. The first-order chi connectivity index (χ1) is 16.0.